The molecule has 0 radical (unpaired) electrons. The number of rotatable bonds is 0. The molecule has 0 rings (SSSR count). The van der Waals surface area contributed by atoms with Gasteiger partial charge in [-0.25, -0.2) is 0 Å². The Morgan fingerprint density at radius 1 is 1.00 bits per heavy atom. The minimum Gasteiger partial charge on any atom is -1.00 e. The van der Waals surface area contributed by atoms with Gasteiger partial charge in [-0.3, -0.25) is 0 Å². The van der Waals surface area contributed by atoms with Gasteiger partial charge in [0.25, 0.3) is 0 Å². The summed E-state index contributed by atoms with van der Waals surface area (Å²) in [5, 5.41) is 0. The van der Waals surface area contributed by atoms with Crippen LogP contribution in [0.25, 0.3) is 0 Å². The van der Waals surface area contributed by atoms with Gasteiger partial charge in [0.2, 0.25) is 0 Å². The Balaban J connectivity index is -0.00000000533. The van der Waals surface area contributed by atoms with Gasteiger partial charge in [-0.05, 0) is 0 Å². The Kier molecular flexibility index (Phi) is 45.1. The molecule has 0 bridgehead atoms. The van der Waals surface area contributed by atoms with Gasteiger partial charge in [-0.1, -0.05) is 0 Å². The fraction of sp³-hybridized carbons (Fsp3) is 0. The van der Waals surface area contributed by atoms with Crippen molar-refractivity contribution in [2.45, 2.75) is 0 Å². The SMILES string of the molecule is O.O[Si](O)(O)O.[AlH3].[H-].[H-].[K+].[Na+]. The summed E-state index contributed by atoms with van der Waals surface area (Å²) in [4.78, 5) is 29.3. The van der Waals surface area contributed by atoms with E-state index in [1.165, 1.54) is 0 Å². The van der Waals surface area contributed by atoms with Crippen molar-refractivity contribution >= 4 is 26.4 Å². The molecule has 5 nitrogen and oxygen atoms in total. The molecule has 0 aliphatic heterocycles. The summed E-state index contributed by atoms with van der Waals surface area (Å²) >= 11 is 0. The smallest absolute Gasteiger partial charge is 1.00 e. The van der Waals surface area contributed by atoms with Crippen molar-refractivity contribution < 1.29 is 108 Å². The van der Waals surface area contributed by atoms with Crippen molar-refractivity contribution in [1.29, 1.82) is 0 Å². The zero-order chi connectivity index (χ0) is 4.50. The van der Waals surface area contributed by atoms with Crippen molar-refractivity contribution in [3.05, 3.63) is 0 Å². The van der Waals surface area contributed by atoms with E-state index in [2.05, 4.69) is 0 Å². The average molecular weight is 208 g/mol. The first-order valence-corrected chi connectivity index (χ1v) is 2.68. The van der Waals surface area contributed by atoms with Gasteiger partial charge in [0, 0.05) is 0 Å². The first-order valence-electron chi connectivity index (χ1n) is 0.894. The zero-order valence-electron chi connectivity index (χ0n) is 6.79. The molecule has 0 saturated heterocycles. The minimum atomic E-state index is -4.61. The minimum absolute atomic E-state index is 0. The van der Waals surface area contributed by atoms with Crippen molar-refractivity contribution in [3.63, 3.8) is 0 Å². The van der Waals surface area contributed by atoms with E-state index >= 15 is 0 Å². The Bertz CT molecular complexity index is 40.0. The molecule has 0 aliphatic carbocycles. The van der Waals surface area contributed by atoms with E-state index in [-0.39, 0.29) is 107 Å². The third kappa shape index (κ3) is 93.0. The largest absolute Gasteiger partial charge is 1.00 e. The molecule has 6 N–H and O–H groups in total. The van der Waals surface area contributed by atoms with Crippen LogP contribution < -0.4 is 80.9 Å². The van der Waals surface area contributed by atoms with E-state index in [0.717, 1.165) is 0 Å². The molecule has 9 heavy (non-hydrogen) atoms. The van der Waals surface area contributed by atoms with Crippen LogP contribution in [0, 0.1) is 0 Å². The van der Waals surface area contributed by atoms with Crippen LogP contribution in [0.15, 0.2) is 0 Å². The molecule has 0 saturated carbocycles. The maximum atomic E-state index is 7.33. The predicted octanol–water partition coefficient (Wildman–Crippen LogP) is -10.4. The Morgan fingerprint density at radius 3 is 1.00 bits per heavy atom. The average Bonchev–Trinajstić information content (AvgIpc) is 0.722. The van der Waals surface area contributed by atoms with Crippen molar-refractivity contribution in [1.82, 2.24) is 0 Å². The van der Waals surface area contributed by atoms with Crippen LogP contribution in [-0.2, 0) is 0 Å². The van der Waals surface area contributed by atoms with Crippen LogP contribution in [-0.4, -0.2) is 51.1 Å². The van der Waals surface area contributed by atoms with E-state index in [1.807, 2.05) is 0 Å². The van der Waals surface area contributed by atoms with Crippen molar-refractivity contribution in [2.24, 2.45) is 0 Å². The third-order valence-electron chi connectivity index (χ3n) is 0. The molecule has 0 atom stereocenters. The van der Waals surface area contributed by atoms with Crippen LogP contribution in [0.2, 0.25) is 0 Å². The molecule has 0 fully saturated rings. The van der Waals surface area contributed by atoms with Crippen LogP contribution >= 0.6 is 0 Å². The molecule has 0 aromatic carbocycles. The molecule has 0 aliphatic rings. The molecule has 50 valence electrons. The van der Waals surface area contributed by atoms with E-state index in [9.17, 15) is 0 Å². The summed E-state index contributed by atoms with van der Waals surface area (Å²) in [6.07, 6.45) is 0. The molecule has 0 spiro atoms. The summed E-state index contributed by atoms with van der Waals surface area (Å²) in [6, 6.07) is 0. The summed E-state index contributed by atoms with van der Waals surface area (Å²) in [5.41, 5.74) is 0. The summed E-state index contributed by atoms with van der Waals surface area (Å²) in [6.45, 7) is 0. The zero-order valence-corrected chi connectivity index (χ0v) is 10.9. The van der Waals surface area contributed by atoms with Crippen LogP contribution in [0.1, 0.15) is 2.85 Å². The van der Waals surface area contributed by atoms with Gasteiger partial charge in [-0.15, -0.1) is 0 Å². The van der Waals surface area contributed by atoms with Crippen molar-refractivity contribution in [2.75, 3.05) is 0 Å². The molecule has 0 heterocycles. The van der Waals surface area contributed by atoms with E-state index < -0.39 is 9.05 Å². The second-order valence-corrected chi connectivity index (χ2v) is 1.80. The first-order chi connectivity index (χ1) is 2.00. The van der Waals surface area contributed by atoms with Gasteiger partial charge in [0.05, 0.1) is 0 Å². The monoisotopic (exact) mass is 208 g/mol. The molecule has 0 aromatic rings. The fourth-order valence-electron chi connectivity index (χ4n) is 0. The molecular formula is H11AlKNaO5Si. The Labute approximate surface area is 132 Å². The van der Waals surface area contributed by atoms with Gasteiger partial charge in [0.15, 0.2) is 17.4 Å². The molecule has 0 aromatic heterocycles. The van der Waals surface area contributed by atoms with Crippen molar-refractivity contribution in [3.8, 4) is 0 Å². The van der Waals surface area contributed by atoms with Gasteiger partial charge in [-0.2, -0.15) is 0 Å². The second-order valence-electron chi connectivity index (χ2n) is 0.600. The number of hydrogen-bond donors (Lipinski definition) is 4. The molecule has 0 amide bonds. The second kappa shape index (κ2) is 13.8. The van der Waals surface area contributed by atoms with Gasteiger partial charge in [0.1, 0.15) is 0 Å². The standard InChI is InChI=1S/Al.K.Na.H4O4Si.H2O.5H/c;;;1-5(2,3)4;;;;;;/h;;;1-4H;1H2;;;;;/q;2*+1;;;;;;2*-1. The molecular weight excluding hydrogens is 197 g/mol. The summed E-state index contributed by atoms with van der Waals surface area (Å²) in [7, 11) is -4.61. The van der Waals surface area contributed by atoms with E-state index in [4.69, 9.17) is 19.2 Å². The van der Waals surface area contributed by atoms with Gasteiger partial charge >= 0.3 is 90.0 Å². The quantitative estimate of drug-likeness (QED) is 0.296. The normalized spacial score (nSPS) is 6.67. The predicted molar refractivity (Wildman–Crippen MR) is 30.4 cm³/mol. The molecule has 9 heteroatoms. The van der Waals surface area contributed by atoms with E-state index in [1.54, 1.807) is 0 Å². The first kappa shape index (κ1) is 29.5. The Morgan fingerprint density at radius 2 is 1.00 bits per heavy atom. The fourth-order valence-corrected chi connectivity index (χ4v) is 0. The van der Waals surface area contributed by atoms with Gasteiger partial charge < -0.3 is 27.5 Å². The van der Waals surface area contributed by atoms with Crippen LogP contribution in [0.3, 0.4) is 0 Å². The van der Waals surface area contributed by atoms with E-state index in [0.29, 0.717) is 0 Å². The Hall–Kier alpha value is 3.19. The molecule has 0 unspecified atom stereocenters. The summed E-state index contributed by atoms with van der Waals surface area (Å²) in [5.74, 6) is 0. The topological polar surface area (TPSA) is 112 Å². The van der Waals surface area contributed by atoms with Crippen LogP contribution in [0.4, 0.5) is 0 Å². The maximum absolute atomic E-state index is 7.33. The van der Waals surface area contributed by atoms with Crippen LogP contribution in [0.5, 0.6) is 0 Å². The third-order valence-corrected chi connectivity index (χ3v) is 0. The maximum Gasteiger partial charge on any atom is 1.00 e. The number of hydrogen-bond acceptors (Lipinski definition) is 4. The summed E-state index contributed by atoms with van der Waals surface area (Å²) < 4.78 is 0.